The Morgan fingerprint density at radius 1 is 1.00 bits per heavy atom. The minimum Gasteiger partial charge on any atom is -0.350 e. The molecule has 0 aliphatic heterocycles. The van der Waals surface area contributed by atoms with Gasteiger partial charge in [-0.05, 0) is 13.8 Å². The third kappa shape index (κ3) is 2.18. The summed E-state index contributed by atoms with van der Waals surface area (Å²) in [6.07, 6.45) is 0. The summed E-state index contributed by atoms with van der Waals surface area (Å²) in [7, 11) is 0. The van der Waals surface area contributed by atoms with E-state index in [0.29, 0.717) is 12.1 Å². The largest absolute Gasteiger partial charge is 0.350 e. The van der Waals surface area contributed by atoms with E-state index in [2.05, 4.69) is 25.3 Å². The van der Waals surface area contributed by atoms with Gasteiger partial charge in [-0.15, -0.1) is 0 Å². The van der Waals surface area contributed by atoms with Crippen molar-refractivity contribution in [1.29, 1.82) is 0 Å². The van der Waals surface area contributed by atoms with E-state index in [-0.39, 0.29) is 0 Å². The first kappa shape index (κ1) is 5.92. The maximum atomic E-state index is 3.78. The average molecular weight is 90.2 g/mol. The molecule has 0 unspecified atom stereocenters. The van der Waals surface area contributed by atoms with Crippen molar-refractivity contribution in [1.82, 2.24) is 0 Å². The summed E-state index contributed by atoms with van der Waals surface area (Å²) in [5, 5.41) is 0. The molecule has 0 spiro atoms. The molecule has 0 rings (SSSR count). The van der Waals surface area contributed by atoms with Crippen molar-refractivity contribution in [3.63, 3.8) is 0 Å². The fourth-order valence-electron chi connectivity index (χ4n) is 0. The van der Waals surface area contributed by atoms with Crippen LogP contribution < -0.4 is 11.5 Å². The zero-order chi connectivity index (χ0) is 5.15. The Balaban J connectivity index is 2.99. The molecule has 0 radical (unpaired) electrons. The van der Waals surface area contributed by atoms with Gasteiger partial charge >= 0.3 is 0 Å². The van der Waals surface area contributed by atoms with Crippen LogP contribution in [0.4, 0.5) is 0 Å². The second-order valence-electron chi connectivity index (χ2n) is 1.95. The Labute approximate surface area is 38.5 Å². The predicted molar refractivity (Wildman–Crippen MR) is 24.7 cm³/mol. The molecule has 0 amide bonds. The molecule has 6 N–H and O–H groups in total. The zero-order valence-corrected chi connectivity index (χ0v) is 4.57. The van der Waals surface area contributed by atoms with Crippen LogP contribution in [0.1, 0.15) is 13.8 Å². The van der Waals surface area contributed by atoms with Crippen LogP contribution in [0.15, 0.2) is 0 Å². The molecular formula is C4H14N2+2. The fraction of sp³-hybridized carbons (Fsp3) is 1.00. The van der Waals surface area contributed by atoms with Crippen molar-refractivity contribution in [3.05, 3.63) is 0 Å². The highest BCUT2D eigenvalue weighted by atomic mass is 14.7. The molecule has 0 aromatic carbocycles. The fourth-order valence-corrected chi connectivity index (χ4v) is 0. The Hall–Kier alpha value is -0.0800. The second kappa shape index (κ2) is 2.16. The van der Waals surface area contributed by atoms with Crippen molar-refractivity contribution in [2.75, 3.05) is 0 Å². The van der Waals surface area contributed by atoms with Crippen LogP contribution in [0.25, 0.3) is 0 Å². The molecule has 6 heavy (non-hydrogen) atoms. The van der Waals surface area contributed by atoms with Crippen LogP contribution in [-0.4, -0.2) is 12.1 Å². The highest BCUT2D eigenvalue weighted by molar-refractivity contribution is 4.47. The van der Waals surface area contributed by atoms with Crippen molar-refractivity contribution in [3.8, 4) is 0 Å². The monoisotopic (exact) mass is 90.1 g/mol. The summed E-state index contributed by atoms with van der Waals surface area (Å²) in [6.45, 7) is 4.13. The van der Waals surface area contributed by atoms with E-state index in [1.165, 1.54) is 0 Å². The molecule has 2 atom stereocenters. The Bertz CT molecular complexity index is 26.5. The standard InChI is InChI=1S/C4H12N2/c1-3(5)4(2)6/h3-4H,5-6H2,1-2H3/p+2/t3-,4-/m1/s1. The molecule has 0 aliphatic carbocycles. The van der Waals surface area contributed by atoms with E-state index in [1.807, 2.05) is 0 Å². The van der Waals surface area contributed by atoms with Gasteiger partial charge in [-0.2, -0.15) is 0 Å². The molecule has 0 saturated carbocycles. The quantitative estimate of drug-likeness (QED) is 0.383. The van der Waals surface area contributed by atoms with Gasteiger partial charge in [-0.1, -0.05) is 0 Å². The van der Waals surface area contributed by atoms with E-state index in [1.54, 1.807) is 0 Å². The van der Waals surface area contributed by atoms with Gasteiger partial charge in [0.25, 0.3) is 0 Å². The van der Waals surface area contributed by atoms with Crippen molar-refractivity contribution in [2.45, 2.75) is 25.9 Å². The third-order valence-electron chi connectivity index (χ3n) is 0.971. The van der Waals surface area contributed by atoms with Gasteiger partial charge in [0.15, 0.2) is 0 Å². The van der Waals surface area contributed by atoms with E-state index >= 15 is 0 Å². The van der Waals surface area contributed by atoms with Crippen molar-refractivity contribution in [2.24, 2.45) is 0 Å². The minimum atomic E-state index is 0.491. The van der Waals surface area contributed by atoms with Gasteiger partial charge in [0.1, 0.15) is 12.1 Å². The van der Waals surface area contributed by atoms with Crippen LogP contribution in [0.3, 0.4) is 0 Å². The SMILES string of the molecule is C[C@@H]([NH3+])[C@@H](C)[NH3+]. The van der Waals surface area contributed by atoms with Crippen molar-refractivity contribution >= 4 is 0 Å². The predicted octanol–water partition coefficient (Wildman–Crippen LogP) is -1.75. The Morgan fingerprint density at radius 3 is 1.17 bits per heavy atom. The molecule has 0 aromatic rings. The summed E-state index contributed by atoms with van der Waals surface area (Å²) in [4.78, 5) is 0. The molecular weight excluding hydrogens is 76.1 g/mol. The smallest absolute Gasteiger partial charge is 0.133 e. The van der Waals surface area contributed by atoms with Gasteiger partial charge in [0.2, 0.25) is 0 Å². The second-order valence-corrected chi connectivity index (χ2v) is 1.95. The molecule has 0 saturated heterocycles. The number of hydrogen-bond donors (Lipinski definition) is 2. The lowest BCUT2D eigenvalue weighted by Gasteiger charge is -1.98. The van der Waals surface area contributed by atoms with Gasteiger partial charge in [0.05, 0.1) is 0 Å². The summed E-state index contributed by atoms with van der Waals surface area (Å²) in [6, 6.07) is 0.981. The molecule has 0 aromatic heterocycles. The van der Waals surface area contributed by atoms with Gasteiger partial charge in [-0.25, -0.2) is 0 Å². The highest BCUT2D eigenvalue weighted by Gasteiger charge is 2.04. The first-order valence-corrected chi connectivity index (χ1v) is 2.30. The summed E-state index contributed by atoms with van der Waals surface area (Å²) in [5.74, 6) is 0. The minimum absolute atomic E-state index is 0.491. The topological polar surface area (TPSA) is 55.3 Å². The number of quaternary nitrogens is 2. The molecule has 0 fully saturated rings. The normalized spacial score (nSPS) is 20.0. The lowest BCUT2D eigenvalue weighted by molar-refractivity contribution is -0.520. The van der Waals surface area contributed by atoms with Gasteiger partial charge in [-0.3, -0.25) is 0 Å². The van der Waals surface area contributed by atoms with Crippen molar-refractivity contribution < 1.29 is 11.5 Å². The summed E-state index contributed by atoms with van der Waals surface area (Å²) >= 11 is 0. The lowest BCUT2D eigenvalue weighted by Crippen LogP contribution is -2.77. The van der Waals surface area contributed by atoms with Crippen LogP contribution in [0.2, 0.25) is 0 Å². The maximum absolute atomic E-state index is 3.78. The summed E-state index contributed by atoms with van der Waals surface area (Å²) in [5.41, 5.74) is 7.55. The van der Waals surface area contributed by atoms with E-state index in [0.717, 1.165) is 0 Å². The molecule has 0 heterocycles. The molecule has 2 nitrogen and oxygen atoms in total. The Kier molecular flexibility index (Phi) is 2.13. The average Bonchev–Trinajstić information content (AvgIpc) is 1.36. The van der Waals surface area contributed by atoms with E-state index in [9.17, 15) is 0 Å². The van der Waals surface area contributed by atoms with Gasteiger partial charge in [0, 0.05) is 0 Å². The molecule has 2 heteroatoms. The van der Waals surface area contributed by atoms with Crippen LogP contribution >= 0.6 is 0 Å². The first-order valence-electron chi connectivity index (χ1n) is 2.30. The highest BCUT2D eigenvalue weighted by Crippen LogP contribution is 1.71. The molecule has 0 aliphatic rings. The number of hydrogen-bond acceptors (Lipinski definition) is 0. The van der Waals surface area contributed by atoms with Crippen LogP contribution in [0.5, 0.6) is 0 Å². The Morgan fingerprint density at radius 2 is 1.17 bits per heavy atom. The summed E-state index contributed by atoms with van der Waals surface area (Å²) < 4.78 is 0. The van der Waals surface area contributed by atoms with E-state index < -0.39 is 0 Å². The first-order chi connectivity index (χ1) is 2.64. The molecule has 0 bridgehead atoms. The lowest BCUT2D eigenvalue weighted by atomic mass is 10.2. The molecule has 38 valence electrons. The zero-order valence-electron chi connectivity index (χ0n) is 4.57. The van der Waals surface area contributed by atoms with Crippen LogP contribution in [-0.2, 0) is 0 Å². The van der Waals surface area contributed by atoms with E-state index in [4.69, 9.17) is 0 Å². The van der Waals surface area contributed by atoms with Crippen LogP contribution in [0, 0.1) is 0 Å². The maximum Gasteiger partial charge on any atom is 0.133 e. The van der Waals surface area contributed by atoms with Gasteiger partial charge < -0.3 is 11.5 Å². The number of rotatable bonds is 1. The third-order valence-corrected chi connectivity index (χ3v) is 0.971.